The molecule has 1 saturated heterocycles. The number of benzene rings is 4. The molecule has 1 atom stereocenters. The molecule has 288 valence electrons. The maximum absolute atomic E-state index is 12.8. The van der Waals surface area contributed by atoms with E-state index >= 15 is 0 Å². The molecule has 0 aromatic heterocycles. The fourth-order valence-electron chi connectivity index (χ4n) is 8.28. The molecule has 0 spiro atoms. The number of aliphatic carboxylic acids is 1. The van der Waals surface area contributed by atoms with Crippen molar-refractivity contribution in [3.63, 3.8) is 0 Å². The molecule has 2 aliphatic heterocycles. The summed E-state index contributed by atoms with van der Waals surface area (Å²) in [5.41, 5.74) is 7.93. The Kier molecular flexibility index (Phi) is 12.8. The summed E-state index contributed by atoms with van der Waals surface area (Å²) in [6.07, 6.45) is 5.33. The smallest absolute Gasteiger partial charge is 0.407 e. The molecule has 0 unspecified atom stereocenters. The van der Waals surface area contributed by atoms with Crippen molar-refractivity contribution in [3.05, 3.63) is 125 Å². The lowest BCUT2D eigenvalue weighted by Gasteiger charge is -2.32. The number of hydrogen-bond acceptors (Lipinski definition) is 7. The maximum atomic E-state index is 12.8. The van der Waals surface area contributed by atoms with Crippen molar-refractivity contribution < 1.29 is 29.0 Å². The van der Waals surface area contributed by atoms with Crippen molar-refractivity contribution in [2.24, 2.45) is 0 Å². The topological polar surface area (TPSA) is 120 Å². The van der Waals surface area contributed by atoms with Crippen LogP contribution >= 0.6 is 0 Å². The second-order valence-corrected chi connectivity index (χ2v) is 14.9. The third kappa shape index (κ3) is 9.55. The third-order valence-corrected chi connectivity index (χ3v) is 11.2. The number of carboxylic acid groups (broad SMARTS) is 1. The molecule has 10 nitrogen and oxygen atoms in total. The van der Waals surface area contributed by atoms with Crippen LogP contribution in [0.1, 0.15) is 84.7 Å². The lowest BCUT2D eigenvalue weighted by Crippen LogP contribution is -2.45. The normalized spacial score (nSPS) is 15.9. The van der Waals surface area contributed by atoms with E-state index in [9.17, 15) is 19.5 Å². The summed E-state index contributed by atoms with van der Waals surface area (Å²) in [6.45, 7) is 5.02. The number of fused-ring (bicyclic) bond motifs is 4. The molecule has 4 aromatic rings. The van der Waals surface area contributed by atoms with Crippen LogP contribution in [0.5, 0.6) is 5.75 Å². The number of nitrogens with one attached hydrogen (secondary N) is 2. The molecule has 0 saturated carbocycles. The number of rotatable bonds is 17. The van der Waals surface area contributed by atoms with E-state index in [-0.39, 0.29) is 11.8 Å². The van der Waals surface area contributed by atoms with Gasteiger partial charge in [-0.3, -0.25) is 14.5 Å². The Balaban J connectivity index is 0.711. The van der Waals surface area contributed by atoms with Crippen molar-refractivity contribution in [3.8, 4) is 16.9 Å². The van der Waals surface area contributed by atoms with Gasteiger partial charge in [0, 0.05) is 51.1 Å². The Labute approximate surface area is 323 Å². The predicted octanol–water partition coefficient (Wildman–Crippen LogP) is 7.28. The van der Waals surface area contributed by atoms with Gasteiger partial charge >= 0.3 is 12.1 Å². The first-order valence-electron chi connectivity index (χ1n) is 19.8. The maximum Gasteiger partial charge on any atom is 0.407 e. The largest absolute Gasteiger partial charge is 0.494 e. The molecule has 1 fully saturated rings. The van der Waals surface area contributed by atoms with Crippen LogP contribution in [0, 0.1) is 0 Å². The number of hydrogen-bond donors (Lipinski definition) is 3. The molecule has 55 heavy (non-hydrogen) atoms. The molecule has 0 radical (unpaired) electrons. The van der Waals surface area contributed by atoms with E-state index in [1.165, 1.54) is 33.4 Å². The summed E-state index contributed by atoms with van der Waals surface area (Å²) in [7, 11) is 0. The van der Waals surface area contributed by atoms with Gasteiger partial charge < -0.3 is 30.1 Å². The van der Waals surface area contributed by atoms with Crippen molar-refractivity contribution in [1.29, 1.82) is 0 Å². The zero-order valence-corrected chi connectivity index (χ0v) is 31.5. The summed E-state index contributed by atoms with van der Waals surface area (Å²) >= 11 is 0. The predicted molar refractivity (Wildman–Crippen MR) is 212 cm³/mol. The molecule has 3 N–H and O–H groups in total. The fourth-order valence-corrected chi connectivity index (χ4v) is 8.28. The number of piperidine rings is 1. The van der Waals surface area contributed by atoms with Crippen LogP contribution < -0.4 is 15.4 Å². The van der Waals surface area contributed by atoms with Crippen LogP contribution in [0.2, 0.25) is 0 Å². The van der Waals surface area contributed by atoms with Crippen molar-refractivity contribution in [2.45, 2.75) is 76.0 Å². The number of likely N-dealkylation sites (tertiary alicyclic amines) is 1. The number of amides is 2. The van der Waals surface area contributed by atoms with E-state index in [4.69, 9.17) is 9.47 Å². The van der Waals surface area contributed by atoms with Crippen LogP contribution in [0.25, 0.3) is 11.1 Å². The first-order valence-corrected chi connectivity index (χ1v) is 19.8. The summed E-state index contributed by atoms with van der Waals surface area (Å²) in [5.74, 6) is 0.139. The van der Waals surface area contributed by atoms with Crippen molar-refractivity contribution >= 4 is 18.0 Å². The second kappa shape index (κ2) is 18.4. The molecular formula is C45H52N4O6. The number of ether oxygens (including phenoxy) is 2. The minimum Gasteiger partial charge on any atom is -0.494 e. The molecule has 3 aliphatic rings. The van der Waals surface area contributed by atoms with E-state index in [0.29, 0.717) is 45.3 Å². The zero-order valence-electron chi connectivity index (χ0n) is 31.5. The minimum absolute atomic E-state index is 0.0449. The molecule has 10 heteroatoms. The summed E-state index contributed by atoms with van der Waals surface area (Å²) in [5, 5.41) is 16.5. The number of alkyl carbamates (subject to hydrolysis) is 1. The number of carbonyl (C=O) groups excluding carboxylic acids is 2. The molecule has 1 aliphatic carbocycles. The minimum atomic E-state index is -0.849. The molecule has 4 aromatic carbocycles. The number of nitrogens with zero attached hydrogens (tertiary/aromatic N) is 2. The van der Waals surface area contributed by atoms with Crippen LogP contribution in [-0.4, -0.2) is 78.3 Å². The van der Waals surface area contributed by atoms with Crippen molar-refractivity contribution in [2.75, 3.05) is 39.4 Å². The van der Waals surface area contributed by atoms with Gasteiger partial charge in [-0.05, 0) is 89.7 Å². The van der Waals surface area contributed by atoms with Gasteiger partial charge in [0.1, 0.15) is 18.4 Å². The van der Waals surface area contributed by atoms with Gasteiger partial charge in [0.05, 0.1) is 6.61 Å². The van der Waals surface area contributed by atoms with Gasteiger partial charge in [0.15, 0.2) is 0 Å². The Morgan fingerprint density at radius 2 is 1.38 bits per heavy atom. The Morgan fingerprint density at radius 3 is 2.04 bits per heavy atom. The molecule has 0 bridgehead atoms. The average Bonchev–Trinajstić information content (AvgIpc) is 3.78. The molecule has 2 amide bonds. The second-order valence-electron chi connectivity index (χ2n) is 14.9. The van der Waals surface area contributed by atoms with Gasteiger partial charge in [0.25, 0.3) is 0 Å². The first-order chi connectivity index (χ1) is 26.9. The van der Waals surface area contributed by atoms with E-state index in [1.807, 2.05) is 70.5 Å². The lowest BCUT2D eigenvalue weighted by atomic mass is 9.98. The Morgan fingerprint density at radius 1 is 0.745 bits per heavy atom. The summed E-state index contributed by atoms with van der Waals surface area (Å²) in [6, 6.07) is 31.8. The number of unbranched alkanes of at least 4 members (excludes halogenated alkanes) is 2. The SMILES string of the molecule is O=C(NCCCCCC(=O)N1CCC(NCCCOc2ccc([C@@H](C(=O)O)N3Cc4ccccc4C3)cc2)CC1)OCC1c2ccccc2-c2ccccc21. The Hall–Kier alpha value is -5.19. The number of carboxylic acids is 1. The number of carbonyl (C=O) groups is 3. The highest BCUT2D eigenvalue weighted by Crippen LogP contribution is 2.44. The van der Waals surface area contributed by atoms with E-state index in [0.717, 1.165) is 69.5 Å². The van der Waals surface area contributed by atoms with Gasteiger partial charge in [0.2, 0.25) is 5.91 Å². The Bertz CT molecular complexity index is 1850. The fraction of sp³-hybridized carbons (Fsp3) is 0.400. The van der Waals surface area contributed by atoms with E-state index < -0.39 is 18.1 Å². The zero-order chi connectivity index (χ0) is 38.0. The van der Waals surface area contributed by atoms with E-state index in [2.05, 4.69) is 47.0 Å². The highest BCUT2D eigenvalue weighted by Gasteiger charge is 2.32. The molecular weight excluding hydrogens is 693 g/mol. The van der Waals surface area contributed by atoms with Gasteiger partial charge in [-0.1, -0.05) is 91.3 Å². The molecule has 7 rings (SSSR count). The summed E-state index contributed by atoms with van der Waals surface area (Å²) in [4.78, 5) is 41.5. The average molecular weight is 745 g/mol. The van der Waals surface area contributed by atoms with Crippen LogP contribution in [0.4, 0.5) is 4.79 Å². The highest BCUT2D eigenvalue weighted by molar-refractivity contribution is 5.79. The monoisotopic (exact) mass is 744 g/mol. The van der Waals surface area contributed by atoms with Gasteiger partial charge in [-0.15, -0.1) is 0 Å². The van der Waals surface area contributed by atoms with E-state index in [1.54, 1.807) is 0 Å². The molecule has 2 heterocycles. The summed E-state index contributed by atoms with van der Waals surface area (Å²) < 4.78 is 11.6. The van der Waals surface area contributed by atoms with Crippen LogP contribution in [-0.2, 0) is 27.4 Å². The van der Waals surface area contributed by atoms with Crippen molar-refractivity contribution in [1.82, 2.24) is 20.4 Å². The van der Waals surface area contributed by atoms with Gasteiger partial charge in [-0.2, -0.15) is 0 Å². The van der Waals surface area contributed by atoms with Crippen LogP contribution in [0.3, 0.4) is 0 Å². The quantitative estimate of drug-likeness (QED) is 0.0966. The standard InChI is InChI=1S/C45H52N4O6/c50-42(17-2-1-9-24-47-45(53)55-31-41-39-15-7-5-13-37(39)38-14-6-8-16-40(38)41)48-26-22-35(23-27-48)46-25-10-28-54-36-20-18-32(19-21-36)43(44(51)52)49-29-33-11-3-4-12-34(33)30-49/h3-8,11-16,18-21,35,41,43,46H,1-2,9-10,17,22-31H2,(H,47,53)(H,51,52)/t43-/m0/s1. The third-order valence-electron chi connectivity index (χ3n) is 11.2. The lowest BCUT2D eigenvalue weighted by molar-refractivity contribution is -0.144. The highest BCUT2D eigenvalue weighted by atomic mass is 16.5. The van der Waals surface area contributed by atoms with Gasteiger partial charge in [-0.25, -0.2) is 4.79 Å². The van der Waals surface area contributed by atoms with Crippen LogP contribution in [0.15, 0.2) is 97.1 Å². The first kappa shape index (κ1) is 38.1.